The minimum atomic E-state index is -1.41. The van der Waals surface area contributed by atoms with Crippen LogP contribution < -0.4 is 15.4 Å². The number of carbonyl (C=O) groups is 5. The van der Waals surface area contributed by atoms with Gasteiger partial charge in [0.2, 0.25) is 17.7 Å². The van der Waals surface area contributed by atoms with Crippen LogP contribution in [0.15, 0.2) is 40.8 Å². The Morgan fingerprint density at radius 1 is 1.05 bits per heavy atom. The first-order chi connectivity index (χ1) is 18.7. The number of amides is 4. The number of ketones is 1. The van der Waals surface area contributed by atoms with Crippen LogP contribution in [0.25, 0.3) is 11.0 Å². The summed E-state index contributed by atoms with van der Waals surface area (Å²) in [6.07, 6.45) is 1.61. The van der Waals surface area contributed by atoms with Crippen molar-refractivity contribution in [1.29, 1.82) is 0 Å². The molecule has 1 aliphatic carbocycles. The van der Waals surface area contributed by atoms with Crippen molar-refractivity contribution in [2.45, 2.75) is 49.6 Å². The molecule has 1 aromatic heterocycles. The van der Waals surface area contributed by atoms with Gasteiger partial charge < -0.3 is 19.4 Å². The molecule has 2 atom stereocenters. The van der Waals surface area contributed by atoms with Gasteiger partial charge >= 0.3 is 0 Å². The Labute approximate surface area is 222 Å². The van der Waals surface area contributed by atoms with E-state index in [1.165, 1.54) is 7.11 Å². The molecular weight excluding hydrogens is 502 g/mol. The van der Waals surface area contributed by atoms with E-state index in [0.717, 1.165) is 22.1 Å². The molecule has 0 radical (unpaired) electrons. The first-order valence-electron chi connectivity index (χ1n) is 13.0. The summed E-state index contributed by atoms with van der Waals surface area (Å²) in [7, 11) is 1.53. The van der Waals surface area contributed by atoms with Gasteiger partial charge in [-0.2, -0.15) is 0 Å². The Balaban J connectivity index is 1.31. The van der Waals surface area contributed by atoms with E-state index in [1.807, 2.05) is 12.1 Å². The van der Waals surface area contributed by atoms with Crippen molar-refractivity contribution in [3.63, 3.8) is 0 Å². The topological polar surface area (TPSA) is 135 Å². The maximum Gasteiger partial charge on any atom is 0.254 e. The molecule has 10 heteroatoms. The first kappa shape index (κ1) is 23.6. The number of nitrogens with zero attached hydrogens (tertiary/aromatic N) is 1. The number of nitrogens with one attached hydrogen (secondary N) is 2. The van der Waals surface area contributed by atoms with Gasteiger partial charge in [0, 0.05) is 24.0 Å². The molecule has 3 aromatic rings. The number of Topliss-reactive ketones (excluding diaryl/α,β-unsaturated/α-hetero) is 1. The largest absolute Gasteiger partial charge is 0.497 e. The van der Waals surface area contributed by atoms with Crippen LogP contribution in [0.1, 0.15) is 58.5 Å². The van der Waals surface area contributed by atoms with Gasteiger partial charge in [0.05, 0.1) is 20.0 Å². The van der Waals surface area contributed by atoms with Gasteiger partial charge in [-0.05, 0) is 60.2 Å². The third-order valence-corrected chi connectivity index (χ3v) is 8.68. The Morgan fingerprint density at radius 3 is 2.62 bits per heavy atom. The number of hydrogen-bond acceptors (Lipinski definition) is 7. The lowest BCUT2D eigenvalue weighted by Gasteiger charge is -2.34. The van der Waals surface area contributed by atoms with Gasteiger partial charge in [-0.15, -0.1) is 0 Å². The zero-order chi connectivity index (χ0) is 27.1. The third kappa shape index (κ3) is 3.23. The summed E-state index contributed by atoms with van der Waals surface area (Å²) in [5.74, 6) is -0.780. The molecule has 198 valence electrons. The van der Waals surface area contributed by atoms with E-state index in [-0.39, 0.29) is 42.7 Å². The fraction of sp³-hybridized carbons (Fsp3) is 0.345. The highest BCUT2D eigenvalue weighted by atomic mass is 16.5. The Hall–Kier alpha value is -4.47. The van der Waals surface area contributed by atoms with Gasteiger partial charge in [0.15, 0.2) is 5.78 Å². The number of furan rings is 1. The number of benzene rings is 2. The van der Waals surface area contributed by atoms with Crippen LogP contribution in [0.4, 0.5) is 0 Å². The molecule has 1 unspecified atom stereocenters. The van der Waals surface area contributed by atoms with Crippen LogP contribution in [0.2, 0.25) is 0 Å². The van der Waals surface area contributed by atoms with Crippen LogP contribution in [-0.2, 0) is 43.1 Å². The zero-order valence-electron chi connectivity index (χ0n) is 21.2. The van der Waals surface area contributed by atoms with Crippen molar-refractivity contribution < 1.29 is 33.1 Å². The minimum absolute atomic E-state index is 0.0408. The van der Waals surface area contributed by atoms with E-state index in [2.05, 4.69) is 10.6 Å². The molecule has 3 aliphatic heterocycles. The Morgan fingerprint density at radius 2 is 1.90 bits per heavy atom. The fourth-order valence-electron chi connectivity index (χ4n) is 6.78. The molecule has 4 aliphatic rings. The third-order valence-electron chi connectivity index (χ3n) is 8.68. The minimum Gasteiger partial charge on any atom is -0.497 e. The fourth-order valence-corrected chi connectivity index (χ4v) is 6.78. The molecule has 10 nitrogen and oxygen atoms in total. The molecule has 2 N–H and O–H groups in total. The molecular formula is C29H25N3O7. The van der Waals surface area contributed by atoms with E-state index in [1.54, 1.807) is 29.2 Å². The monoisotopic (exact) mass is 527 g/mol. The number of imide groups is 1. The highest BCUT2D eigenvalue weighted by Gasteiger charge is 2.54. The van der Waals surface area contributed by atoms with Crippen molar-refractivity contribution in [3.8, 4) is 5.75 Å². The highest BCUT2D eigenvalue weighted by Crippen LogP contribution is 2.45. The van der Waals surface area contributed by atoms with Crippen molar-refractivity contribution in [3.05, 3.63) is 64.4 Å². The van der Waals surface area contributed by atoms with E-state index in [0.29, 0.717) is 42.7 Å². The quantitative estimate of drug-likeness (QED) is 0.391. The number of rotatable bonds is 4. The van der Waals surface area contributed by atoms with Gasteiger partial charge in [0.1, 0.15) is 28.0 Å². The second-order valence-corrected chi connectivity index (χ2v) is 10.8. The maximum atomic E-state index is 13.4. The van der Waals surface area contributed by atoms with Crippen molar-refractivity contribution >= 4 is 40.4 Å². The van der Waals surface area contributed by atoms with E-state index in [9.17, 15) is 24.0 Å². The van der Waals surface area contributed by atoms with Gasteiger partial charge in [-0.1, -0.05) is 12.1 Å². The maximum absolute atomic E-state index is 13.4. The second kappa shape index (κ2) is 8.02. The number of aryl methyl sites for hydroxylation is 1. The lowest BCUT2D eigenvalue weighted by molar-refractivity contribution is -0.127. The smallest absolute Gasteiger partial charge is 0.254 e. The SMILES string of the molecule is COc1ccc2c(c1)C(=O)N(C[C@@]1(c3cc4c5c(ccc4o3)C3(CCC5)NC(=O)CC3=O)CC(=O)NC1=O)C2. The number of ether oxygens (including phenoxy) is 1. The lowest BCUT2D eigenvalue weighted by atomic mass is 9.74. The Bertz CT molecular complexity index is 1660. The van der Waals surface area contributed by atoms with Crippen LogP contribution in [0, 0.1) is 0 Å². The molecule has 4 heterocycles. The summed E-state index contributed by atoms with van der Waals surface area (Å²) in [4.78, 5) is 65.8. The summed E-state index contributed by atoms with van der Waals surface area (Å²) in [5, 5.41) is 6.05. The standard InChI is InChI=1S/C29H25N3O7/c1-38-16-5-4-15-13-32(26(36)18(15)9-16)14-28(12-25(35)30-27(28)37)23-10-19-17-3-2-8-29(22(33)11-24(34)31-29)20(17)6-7-21(19)39-23/h4-7,9-10H,2-3,8,11-14H2,1H3,(H,31,34)(H,30,35,37)/t28-,29?/m1/s1. The Kier molecular flexibility index (Phi) is 4.86. The number of hydrogen-bond donors (Lipinski definition) is 2. The van der Waals surface area contributed by atoms with Gasteiger partial charge in [-0.3, -0.25) is 29.3 Å². The lowest BCUT2D eigenvalue weighted by Crippen LogP contribution is -2.46. The van der Waals surface area contributed by atoms with Crippen molar-refractivity contribution in [2.75, 3.05) is 13.7 Å². The van der Waals surface area contributed by atoms with E-state index in [4.69, 9.17) is 9.15 Å². The average Bonchev–Trinajstić information content (AvgIpc) is 3.63. The molecule has 2 saturated heterocycles. The molecule has 0 saturated carbocycles. The summed E-state index contributed by atoms with van der Waals surface area (Å²) >= 11 is 0. The van der Waals surface area contributed by atoms with Crippen molar-refractivity contribution in [2.24, 2.45) is 0 Å². The van der Waals surface area contributed by atoms with Gasteiger partial charge in [-0.25, -0.2) is 0 Å². The zero-order valence-corrected chi connectivity index (χ0v) is 21.2. The molecule has 7 rings (SSSR count). The van der Waals surface area contributed by atoms with Crippen LogP contribution >= 0.6 is 0 Å². The number of fused-ring (bicyclic) bond motifs is 5. The predicted octanol–water partition coefficient (Wildman–Crippen LogP) is 2.00. The molecule has 0 bridgehead atoms. The first-order valence-corrected chi connectivity index (χ1v) is 13.0. The second-order valence-electron chi connectivity index (χ2n) is 10.8. The highest BCUT2D eigenvalue weighted by molar-refractivity contribution is 6.12. The van der Waals surface area contributed by atoms with Crippen LogP contribution in [0.3, 0.4) is 0 Å². The average molecular weight is 528 g/mol. The summed E-state index contributed by atoms with van der Waals surface area (Å²) in [6, 6.07) is 10.6. The van der Waals surface area contributed by atoms with E-state index < -0.39 is 22.8 Å². The van der Waals surface area contributed by atoms with Crippen LogP contribution in [-0.4, -0.2) is 48.0 Å². The van der Waals surface area contributed by atoms with Crippen LogP contribution in [0.5, 0.6) is 5.75 Å². The van der Waals surface area contributed by atoms with Crippen molar-refractivity contribution in [1.82, 2.24) is 15.5 Å². The predicted molar refractivity (Wildman–Crippen MR) is 136 cm³/mol. The molecule has 2 aromatic carbocycles. The summed E-state index contributed by atoms with van der Waals surface area (Å²) in [6.45, 7) is 0.252. The van der Waals surface area contributed by atoms with Gasteiger partial charge in [0.25, 0.3) is 5.91 Å². The summed E-state index contributed by atoms with van der Waals surface area (Å²) < 4.78 is 11.5. The molecule has 39 heavy (non-hydrogen) atoms. The number of carbonyl (C=O) groups excluding carboxylic acids is 5. The summed E-state index contributed by atoms with van der Waals surface area (Å²) in [5.41, 5.74) is 1.03. The van der Waals surface area contributed by atoms with E-state index >= 15 is 0 Å². The molecule has 1 spiro atoms. The molecule has 2 fully saturated rings. The number of methoxy groups -OCH3 is 1. The molecule has 4 amide bonds. The normalized spacial score (nSPS) is 25.9.